The van der Waals surface area contributed by atoms with Gasteiger partial charge in [0.2, 0.25) is 0 Å². The van der Waals surface area contributed by atoms with Crippen LogP contribution in [0.2, 0.25) is 13.1 Å². The molecule has 3 aromatic carbocycles. The number of para-hydroxylation sites is 2. The molecular weight excluding hydrogens is 296 g/mol. The predicted octanol–water partition coefficient (Wildman–Crippen LogP) is 3.87. The Balaban J connectivity index is 2.06. The van der Waals surface area contributed by atoms with Gasteiger partial charge >= 0.3 is 0 Å². The topological polar surface area (TPSA) is 29.3 Å². The van der Waals surface area contributed by atoms with Crippen LogP contribution >= 0.6 is 0 Å². The first-order valence-electron chi connectivity index (χ1n) is 7.94. The van der Waals surface area contributed by atoms with E-state index in [-0.39, 0.29) is 0 Å². The highest BCUT2D eigenvalue weighted by molar-refractivity contribution is 7.02. The summed E-state index contributed by atoms with van der Waals surface area (Å²) >= 11 is 0. The number of benzene rings is 3. The van der Waals surface area contributed by atoms with Gasteiger partial charge in [-0.1, -0.05) is 49.5 Å². The molecule has 3 aromatic rings. The van der Waals surface area contributed by atoms with Crippen LogP contribution < -0.4 is 21.0 Å². The lowest BCUT2D eigenvalue weighted by molar-refractivity contribution is 1.29. The fourth-order valence-electron chi connectivity index (χ4n) is 3.58. The van der Waals surface area contributed by atoms with Crippen LogP contribution in [-0.4, -0.2) is 8.07 Å². The van der Waals surface area contributed by atoms with Crippen LogP contribution in [0.15, 0.2) is 72.8 Å². The van der Waals surface area contributed by atoms with Crippen LogP contribution in [0.3, 0.4) is 0 Å². The van der Waals surface area contributed by atoms with Crippen molar-refractivity contribution in [1.29, 1.82) is 0 Å². The second-order valence-electron chi connectivity index (χ2n) is 6.59. The molecule has 23 heavy (non-hydrogen) atoms. The molecule has 0 unspecified atom stereocenters. The molecule has 0 radical (unpaired) electrons. The smallest absolute Gasteiger partial charge is 0.117 e. The van der Waals surface area contributed by atoms with Gasteiger partial charge in [-0.3, -0.25) is 0 Å². The molecule has 2 nitrogen and oxygen atoms in total. The quantitative estimate of drug-likeness (QED) is 0.545. The van der Waals surface area contributed by atoms with Crippen LogP contribution in [0, 0.1) is 0 Å². The van der Waals surface area contributed by atoms with Gasteiger partial charge in [-0.2, -0.15) is 0 Å². The molecule has 0 spiro atoms. The van der Waals surface area contributed by atoms with Gasteiger partial charge < -0.3 is 10.6 Å². The summed E-state index contributed by atoms with van der Waals surface area (Å²) in [7, 11) is -1.76. The summed E-state index contributed by atoms with van der Waals surface area (Å²) < 4.78 is 0. The van der Waals surface area contributed by atoms with Crippen molar-refractivity contribution in [3.05, 3.63) is 72.8 Å². The fourth-order valence-corrected chi connectivity index (χ4v) is 6.58. The van der Waals surface area contributed by atoms with Crippen molar-refractivity contribution in [1.82, 2.24) is 0 Å². The second kappa shape index (κ2) is 5.00. The summed E-state index contributed by atoms with van der Waals surface area (Å²) in [4.78, 5) is 2.36. The van der Waals surface area contributed by atoms with Crippen LogP contribution in [-0.2, 0) is 0 Å². The molecule has 0 saturated carbocycles. The highest BCUT2D eigenvalue weighted by Crippen LogP contribution is 2.38. The van der Waals surface area contributed by atoms with Crippen molar-refractivity contribution in [3.63, 3.8) is 0 Å². The zero-order valence-corrected chi connectivity index (χ0v) is 14.5. The molecule has 3 heteroatoms. The summed E-state index contributed by atoms with van der Waals surface area (Å²) in [6.45, 7) is 4.82. The van der Waals surface area contributed by atoms with E-state index in [0.717, 1.165) is 5.69 Å². The number of hydrogen-bond acceptors (Lipinski definition) is 2. The molecule has 0 amide bonds. The maximum Gasteiger partial charge on any atom is 0.117 e. The first-order valence-corrected chi connectivity index (χ1v) is 10.9. The molecule has 1 aliphatic rings. The molecule has 1 aliphatic heterocycles. The molecule has 2 N–H and O–H groups in total. The first kappa shape index (κ1) is 14.1. The SMILES string of the molecule is C[Si]1(C)c2ccccc2N(c2ccccc2)c2ccc(N)cc21. The number of fused-ring (bicyclic) bond motifs is 2. The highest BCUT2D eigenvalue weighted by atomic mass is 28.3. The van der Waals surface area contributed by atoms with Crippen molar-refractivity contribution >= 4 is 41.2 Å². The Labute approximate surface area is 138 Å². The van der Waals surface area contributed by atoms with Crippen LogP contribution in [0.4, 0.5) is 22.7 Å². The summed E-state index contributed by atoms with van der Waals surface area (Å²) in [6.07, 6.45) is 0. The minimum absolute atomic E-state index is 0.844. The molecular formula is C20H20N2Si. The Morgan fingerprint density at radius 1 is 0.739 bits per heavy atom. The van der Waals surface area contributed by atoms with E-state index in [4.69, 9.17) is 5.73 Å². The van der Waals surface area contributed by atoms with E-state index in [1.165, 1.54) is 27.4 Å². The third kappa shape index (κ3) is 2.08. The minimum Gasteiger partial charge on any atom is -0.399 e. The Morgan fingerprint density at radius 2 is 1.39 bits per heavy atom. The summed E-state index contributed by atoms with van der Waals surface area (Å²) in [5.74, 6) is 0. The molecule has 0 aliphatic carbocycles. The number of nitrogens with zero attached hydrogens (tertiary/aromatic N) is 1. The number of nitrogen functional groups attached to an aromatic ring is 1. The highest BCUT2D eigenvalue weighted by Gasteiger charge is 2.38. The maximum absolute atomic E-state index is 6.11. The van der Waals surface area contributed by atoms with E-state index < -0.39 is 8.07 Å². The van der Waals surface area contributed by atoms with Gasteiger partial charge in [0, 0.05) is 22.7 Å². The number of anilines is 4. The average Bonchev–Trinajstić information content (AvgIpc) is 2.57. The van der Waals surface area contributed by atoms with Gasteiger partial charge in [-0.25, -0.2) is 0 Å². The van der Waals surface area contributed by atoms with E-state index in [1.54, 1.807) is 0 Å². The zero-order valence-electron chi connectivity index (χ0n) is 13.5. The van der Waals surface area contributed by atoms with Crippen molar-refractivity contribution in [2.24, 2.45) is 0 Å². The Bertz CT molecular complexity index is 872. The summed E-state index contributed by atoms with van der Waals surface area (Å²) in [5, 5.41) is 2.86. The van der Waals surface area contributed by atoms with Crippen molar-refractivity contribution in [2.75, 3.05) is 10.6 Å². The van der Waals surface area contributed by atoms with Crippen LogP contribution in [0.25, 0.3) is 0 Å². The molecule has 1 heterocycles. The van der Waals surface area contributed by atoms with E-state index >= 15 is 0 Å². The Hall–Kier alpha value is -2.52. The predicted molar refractivity (Wildman–Crippen MR) is 102 cm³/mol. The van der Waals surface area contributed by atoms with E-state index in [9.17, 15) is 0 Å². The minimum atomic E-state index is -1.76. The van der Waals surface area contributed by atoms with Crippen LogP contribution in [0.1, 0.15) is 0 Å². The van der Waals surface area contributed by atoms with E-state index in [0.29, 0.717) is 0 Å². The van der Waals surface area contributed by atoms with Gasteiger partial charge in [-0.05, 0) is 46.8 Å². The Kier molecular flexibility index (Phi) is 3.06. The van der Waals surface area contributed by atoms with Gasteiger partial charge in [0.25, 0.3) is 0 Å². The molecule has 0 saturated heterocycles. The lowest BCUT2D eigenvalue weighted by Gasteiger charge is -2.41. The van der Waals surface area contributed by atoms with E-state index in [1.807, 2.05) is 6.07 Å². The third-order valence-corrected chi connectivity index (χ3v) is 8.28. The molecule has 0 bridgehead atoms. The molecule has 0 fully saturated rings. The van der Waals surface area contributed by atoms with Gasteiger partial charge in [-0.15, -0.1) is 0 Å². The normalized spacial score (nSPS) is 15.0. The number of nitrogens with two attached hydrogens (primary N) is 1. The van der Waals surface area contributed by atoms with Gasteiger partial charge in [0.1, 0.15) is 8.07 Å². The van der Waals surface area contributed by atoms with E-state index in [2.05, 4.69) is 84.7 Å². The lowest BCUT2D eigenvalue weighted by atomic mass is 10.1. The van der Waals surface area contributed by atoms with Gasteiger partial charge in [0.05, 0.1) is 0 Å². The Morgan fingerprint density at radius 3 is 2.17 bits per heavy atom. The average molecular weight is 316 g/mol. The van der Waals surface area contributed by atoms with Crippen molar-refractivity contribution in [2.45, 2.75) is 13.1 Å². The monoisotopic (exact) mass is 316 g/mol. The summed E-state index contributed by atoms with van der Waals surface area (Å²) in [5.41, 5.74) is 10.7. The fraction of sp³-hybridized carbons (Fsp3) is 0.100. The molecule has 4 rings (SSSR count). The standard InChI is InChI=1S/C20H20N2Si/c1-23(2)19-11-7-6-10-17(19)22(16-8-4-3-5-9-16)18-13-12-15(21)14-20(18)23/h3-14H,21H2,1-2H3. The lowest BCUT2D eigenvalue weighted by Crippen LogP contribution is -2.58. The first-order chi connectivity index (χ1) is 11.1. The van der Waals surface area contributed by atoms with Crippen molar-refractivity contribution in [3.8, 4) is 0 Å². The molecule has 114 valence electrons. The van der Waals surface area contributed by atoms with Crippen LogP contribution in [0.5, 0.6) is 0 Å². The molecule has 0 atom stereocenters. The maximum atomic E-state index is 6.11. The van der Waals surface area contributed by atoms with Crippen molar-refractivity contribution < 1.29 is 0 Å². The number of rotatable bonds is 1. The summed E-state index contributed by atoms with van der Waals surface area (Å²) in [6, 6.07) is 25.7. The zero-order chi connectivity index (χ0) is 16.0. The largest absolute Gasteiger partial charge is 0.399 e. The number of hydrogen-bond donors (Lipinski definition) is 1. The molecule has 0 aromatic heterocycles. The van der Waals surface area contributed by atoms with Gasteiger partial charge in [0.15, 0.2) is 0 Å². The third-order valence-electron chi connectivity index (χ3n) is 4.77. The second-order valence-corrected chi connectivity index (χ2v) is 10.9.